The van der Waals surface area contributed by atoms with Gasteiger partial charge in [0.2, 0.25) is 11.8 Å². The number of carbonyl (C=O) groups excluding carboxylic acids is 2. The molecule has 1 rings (SSSR count). The number of likely N-dealkylation sites (tertiary alicyclic amines) is 1. The number of hydrogen-bond acceptors (Lipinski definition) is 3. The zero-order valence-electron chi connectivity index (χ0n) is 13.3. The van der Waals surface area contributed by atoms with E-state index in [4.69, 9.17) is 0 Å². The van der Waals surface area contributed by atoms with Gasteiger partial charge in [-0.25, -0.2) is 0 Å². The molecular formula is C15H29N3O2. The lowest BCUT2D eigenvalue weighted by Gasteiger charge is -2.35. The molecule has 0 aromatic carbocycles. The molecule has 2 amide bonds. The summed E-state index contributed by atoms with van der Waals surface area (Å²) in [5.74, 6) is 0.397. The zero-order chi connectivity index (χ0) is 15.1. The molecule has 1 heterocycles. The Labute approximate surface area is 122 Å². The van der Waals surface area contributed by atoms with Crippen molar-refractivity contribution < 1.29 is 9.59 Å². The lowest BCUT2D eigenvalue weighted by atomic mass is 9.95. The Morgan fingerprint density at radius 3 is 2.75 bits per heavy atom. The van der Waals surface area contributed by atoms with Crippen LogP contribution in [0.1, 0.15) is 33.1 Å². The van der Waals surface area contributed by atoms with Crippen molar-refractivity contribution in [3.63, 3.8) is 0 Å². The van der Waals surface area contributed by atoms with E-state index in [1.165, 1.54) is 0 Å². The van der Waals surface area contributed by atoms with Gasteiger partial charge in [0, 0.05) is 39.1 Å². The van der Waals surface area contributed by atoms with Gasteiger partial charge in [0.15, 0.2) is 0 Å². The van der Waals surface area contributed by atoms with E-state index < -0.39 is 0 Å². The maximum absolute atomic E-state index is 12.4. The van der Waals surface area contributed by atoms with Gasteiger partial charge in [-0.2, -0.15) is 0 Å². The van der Waals surface area contributed by atoms with E-state index in [9.17, 15) is 9.59 Å². The molecule has 0 aromatic heterocycles. The monoisotopic (exact) mass is 283 g/mol. The fourth-order valence-electron chi connectivity index (χ4n) is 2.57. The molecule has 5 nitrogen and oxygen atoms in total. The lowest BCUT2D eigenvalue weighted by molar-refractivity contribution is -0.141. The Kier molecular flexibility index (Phi) is 6.99. The first-order valence-electron chi connectivity index (χ1n) is 7.69. The third-order valence-electron chi connectivity index (χ3n) is 4.19. The summed E-state index contributed by atoms with van der Waals surface area (Å²) in [5, 5.41) is 3.05. The Morgan fingerprint density at radius 1 is 1.45 bits per heavy atom. The number of amides is 2. The van der Waals surface area contributed by atoms with Crippen molar-refractivity contribution in [3.05, 3.63) is 0 Å². The van der Waals surface area contributed by atoms with Crippen LogP contribution in [-0.2, 0) is 9.59 Å². The largest absolute Gasteiger partial charge is 0.344 e. The summed E-state index contributed by atoms with van der Waals surface area (Å²) in [4.78, 5) is 28.3. The number of nitrogens with zero attached hydrogens (tertiary/aromatic N) is 2. The van der Waals surface area contributed by atoms with Crippen molar-refractivity contribution in [1.29, 1.82) is 0 Å². The normalized spacial score (nSPS) is 20.6. The van der Waals surface area contributed by atoms with Crippen molar-refractivity contribution in [2.24, 2.45) is 11.8 Å². The average Bonchev–Trinajstić information content (AvgIpc) is 2.50. The van der Waals surface area contributed by atoms with E-state index in [2.05, 4.69) is 5.32 Å². The quantitative estimate of drug-likeness (QED) is 0.789. The predicted octanol–water partition coefficient (Wildman–Crippen LogP) is 0.949. The second-order valence-electron chi connectivity index (χ2n) is 5.80. The van der Waals surface area contributed by atoms with Gasteiger partial charge >= 0.3 is 0 Å². The molecule has 20 heavy (non-hydrogen) atoms. The van der Waals surface area contributed by atoms with Crippen molar-refractivity contribution in [1.82, 2.24) is 15.1 Å². The van der Waals surface area contributed by atoms with Gasteiger partial charge in [-0.3, -0.25) is 9.59 Å². The summed E-state index contributed by atoms with van der Waals surface area (Å²) in [6, 6.07) is 0. The first-order valence-corrected chi connectivity index (χ1v) is 7.69. The molecule has 0 bridgehead atoms. The number of nitrogens with one attached hydrogen (secondary N) is 1. The molecule has 0 spiro atoms. The highest BCUT2D eigenvalue weighted by atomic mass is 16.2. The highest BCUT2D eigenvalue weighted by molar-refractivity contribution is 5.82. The third kappa shape index (κ3) is 4.47. The van der Waals surface area contributed by atoms with Crippen LogP contribution in [0.15, 0.2) is 0 Å². The van der Waals surface area contributed by atoms with E-state index in [0.29, 0.717) is 13.1 Å². The standard InChI is InChI=1S/C15H29N3O2/c1-5-12(2)14(19)18-9-6-7-13(11-18)15(20)17(4)10-8-16-3/h12-13,16H,5-11H2,1-4H3. The van der Waals surface area contributed by atoms with E-state index >= 15 is 0 Å². The van der Waals surface area contributed by atoms with E-state index in [-0.39, 0.29) is 23.7 Å². The minimum Gasteiger partial charge on any atom is -0.344 e. The van der Waals surface area contributed by atoms with Gasteiger partial charge in [0.25, 0.3) is 0 Å². The van der Waals surface area contributed by atoms with Crippen LogP contribution in [0.3, 0.4) is 0 Å². The lowest BCUT2D eigenvalue weighted by Crippen LogP contribution is -2.48. The molecule has 1 aliphatic heterocycles. The topological polar surface area (TPSA) is 52.7 Å². The average molecular weight is 283 g/mol. The van der Waals surface area contributed by atoms with Crippen LogP contribution in [0.2, 0.25) is 0 Å². The molecule has 1 aliphatic rings. The summed E-state index contributed by atoms with van der Waals surface area (Å²) in [6.07, 6.45) is 2.68. The van der Waals surface area contributed by atoms with Crippen molar-refractivity contribution in [3.8, 4) is 0 Å². The van der Waals surface area contributed by atoms with Gasteiger partial charge in [-0.1, -0.05) is 13.8 Å². The zero-order valence-corrected chi connectivity index (χ0v) is 13.3. The Balaban J connectivity index is 2.55. The van der Waals surface area contributed by atoms with Crippen molar-refractivity contribution >= 4 is 11.8 Å². The fraction of sp³-hybridized carbons (Fsp3) is 0.867. The summed E-state index contributed by atoms with van der Waals surface area (Å²) >= 11 is 0. The molecule has 0 radical (unpaired) electrons. The summed E-state index contributed by atoms with van der Waals surface area (Å²) in [7, 11) is 3.72. The van der Waals surface area contributed by atoms with E-state index in [1.807, 2.05) is 32.8 Å². The first kappa shape index (κ1) is 17.0. The van der Waals surface area contributed by atoms with Crippen LogP contribution >= 0.6 is 0 Å². The minimum atomic E-state index is -0.0291. The number of hydrogen-bond donors (Lipinski definition) is 1. The second-order valence-corrected chi connectivity index (χ2v) is 5.80. The molecule has 116 valence electrons. The molecule has 0 saturated carbocycles. The smallest absolute Gasteiger partial charge is 0.227 e. The van der Waals surface area contributed by atoms with Crippen LogP contribution < -0.4 is 5.32 Å². The fourth-order valence-corrected chi connectivity index (χ4v) is 2.57. The highest BCUT2D eigenvalue weighted by Gasteiger charge is 2.31. The third-order valence-corrected chi connectivity index (χ3v) is 4.19. The molecule has 5 heteroatoms. The molecule has 2 atom stereocenters. The molecule has 1 fully saturated rings. The first-order chi connectivity index (χ1) is 9.51. The van der Waals surface area contributed by atoms with Crippen LogP contribution in [0.5, 0.6) is 0 Å². The Morgan fingerprint density at radius 2 is 2.15 bits per heavy atom. The van der Waals surface area contributed by atoms with Crippen LogP contribution in [-0.4, -0.2) is 61.9 Å². The molecule has 0 aromatic rings. The number of rotatable bonds is 6. The maximum atomic E-state index is 12.4. The number of carbonyl (C=O) groups is 2. The Bertz CT molecular complexity index is 333. The van der Waals surface area contributed by atoms with Gasteiger partial charge < -0.3 is 15.1 Å². The SMILES string of the molecule is CCC(C)C(=O)N1CCCC(C(=O)N(C)CCNC)C1. The second kappa shape index (κ2) is 8.25. The van der Waals surface area contributed by atoms with Crippen LogP contribution in [0.4, 0.5) is 0 Å². The van der Waals surface area contributed by atoms with Gasteiger partial charge in [-0.05, 0) is 26.3 Å². The molecule has 0 aliphatic carbocycles. The summed E-state index contributed by atoms with van der Waals surface area (Å²) in [6.45, 7) is 6.89. The molecule has 1 saturated heterocycles. The van der Waals surface area contributed by atoms with Crippen molar-refractivity contribution in [2.45, 2.75) is 33.1 Å². The molecular weight excluding hydrogens is 254 g/mol. The maximum Gasteiger partial charge on any atom is 0.227 e. The highest BCUT2D eigenvalue weighted by Crippen LogP contribution is 2.20. The van der Waals surface area contributed by atoms with Gasteiger partial charge in [-0.15, -0.1) is 0 Å². The summed E-state index contributed by atoms with van der Waals surface area (Å²) < 4.78 is 0. The van der Waals surface area contributed by atoms with Gasteiger partial charge in [0.05, 0.1) is 5.92 Å². The van der Waals surface area contributed by atoms with E-state index in [0.717, 1.165) is 32.4 Å². The van der Waals surface area contributed by atoms with Crippen LogP contribution in [0.25, 0.3) is 0 Å². The van der Waals surface area contributed by atoms with E-state index in [1.54, 1.807) is 4.90 Å². The predicted molar refractivity (Wildman–Crippen MR) is 80.3 cm³/mol. The number of piperidine rings is 1. The van der Waals surface area contributed by atoms with Crippen molar-refractivity contribution in [2.75, 3.05) is 40.3 Å². The van der Waals surface area contributed by atoms with Gasteiger partial charge in [0.1, 0.15) is 0 Å². The molecule has 2 unspecified atom stereocenters. The number of likely N-dealkylation sites (N-methyl/N-ethyl adjacent to an activating group) is 2. The molecule has 1 N–H and O–H groups in total. The minimum absolute atomic E-state index is 0.0291. The Hall–Kier alpha value is -1.10. The van der Waals surface area contributed by atoms with Crippen LogP contribution in [0, 0.1) is 11.8 Å². The summed E-state index contributed by atoms with van der Waals surface area (Å²) in [5.41, 5.74) is 0.